The van der Waals surface area contributed by atoms with Gasteiger partial charge >= 0.3 is 0 Å². The summed E-state index contributed by atoms with van der Waals surface area (Å²) in [7, 11) is 2.01. The first-order valence-electron chi connectivity index (χ1n) is 4.24. The second-order valence-corrected chi connectivity index (χ2v) is 3.22. The third-order valence-electron chi connectivity index (χ3n) is 2.04. The van der Waals surface area contributed by atoms with E-state index in [4.69, 9.17) is 5.26 Å². The molecule has 1 aromatic heterocycles. The molecule has 1 heterocycles. The summed E-state index contributed by atoms with van der Waals surface area (Å²) in [5.41, 5.74) is 1.50. The summed E-state index contributed by atoms with van der Waals surface area (Å²) in [5.74, 6) is 0. The van der Waals surface area contributed by atoms with E-state index in [1.165, 1.54) is 0 Å². The highest BCUT2D eigenvalue weighted by Crippen LogP contribution is 2.13. The Balaban J connectivity index is 2.87. The lowest BCUT2D eigenvalue weighted by atomic mass is 10.3. The van der Waals surface area contributed by atoms with Crippen molar-refractivity contribution in [1.82, 2.24) is 4.98 Å². The Hall–Kier alpha value is -1.56. The number of rotatable bonds is 2. The highest BCUT2D eigenvalue weighted by molar-refractivity contribution is 5.45. The third-order valence-corrected chi connectivity index (χ3v) is 2.04. The minimum atomic E-state index is 0.440. The van der Waals surface area contributed by atoms with Gasteiger partial charge in [0.1, 0.15) is 11.8 Å². The molecule has 0 saturated heterocycles. The minimum Gasteiger partial charge on any atom is -0.371 e. The van der Waals surface area contributed by atoms with Gasteiger partial charge in [-0.3, -0.25) is 0 Å². The SMILES string of the molecule is CC(C)N(C)c1ccc(C#N)nc1. The van der Waals surface area contributed by atoms with Crippen molar-refractivity contribution in [3.8, 4) is 6.07 Å². The van der Waals surface area contributed by atoms with Crippen molar-refractivity contribution in [3.05, 3.63) is 24.0 Å². The van der Waals surface area contributed by atoms with Crippen LogP contribution in [0.4, 0.5) is 5.69 Å². The average Bonchev–Trinajstić information content (AvgIpc) is 2.17. The molecule has 0 aliphatic heterocycles. The Bertz CT molecular complexity index is 308. The molecule has 3 heteroatoms. The standard InChI is InChI=1S/C10H13N3/c1-8(2)13(3)10-5-4-9(6-11)12-7-10/h4-5,7-8H,1-3H3. The zero-order valence-electron chi connectivity index (χ0n) is 8.15. The molecule has 13 heavy (non-hydrogen) atoms. The summed E-state index contributed by atoms with van der Waals surface area (Å²) < 4.78 is 0. The van der Waals surface area contributed by atoms with Gasteiger partial charge in [0.2, 0.25) is 0 Å². The maximum absolute atomic E-state index is 8.55. The lowest BCUT2D eigenvalue weighted by Crippen LogP contribution is -2.25. The van der Waals surface area contributed by atoms with E-state index in [0.29, 0.717) is 11.7 Å². The Morgan fingerprint density at radius 1 is 1.46 bits per heavy atom. The molecule has 0 atom stereocenters. The molecular formula is C10H13N3. The van der Waals surface area contributed by atoms with Crippen molar-refractivity contribution >= 4 is 5.69 Å². The van der Waals surface area contributed by atoms with Crippen molar-refractivity contribution in [2.24, 2.45) is 0 Å². The van der Waals surface area contributed by atoms with Crippen LogP contribution in [0.5, 0.6) is 0 Å². The molecule has 0 N–H and O–H groups in total. The summed E-state index contributed by atoms with van der Waals surface area (Å²) in [5, 5.41) is 8.55. The normalized spacial score (nSPS) is 9.77. The second kappa shape index (κ2) is 3.90. The molecule has 3 nitrogen and oxygen atoms in total. The van der Waals surface area contributed by atoms with Gasteiger partial charge in [-0.05, 0) is 26.0 Å². The number of anilines is 1. The van der Waals surface area contributed by atoms with Crippen molar-refractivity contribution < 1.29 is 0 Å². The van der Waals surface area contributed by atoms with Crippen molar-refractivity contribution in [3.63, 3.8) is 0 Å². The first-order valence-corrected chi connectivity index (χ1v) is 4.24. The average molecular weight is 175 g/mol. The maximum atomic E-state index is 8.55. The molecule has 0 aliphatic rings. The molecule has 0 fully saturated rings. The number of nitriles is 1. The van der Waals surface area contributed by atoms with Crippen molar-refractivity contribution in [2.75, 3.05) is 11.9 Å². The number of aromatic nitrogens is 1. The van der Waals surface area contributed by atoms with E-state index in [0.717, 1.165) is 5.69 Å². The number of pyridine rings is 1. The fourth-order valence-electron chi connectivity index (χ4n) is 0.959. The first kappa shape index (κ1) is 9.53. The second-order valence-electron chi connectivity index (χ2n) is 3.22. The highest BCUT2D eigenvalue weighted by Gasteiger charge is 2.04. The lowest BCUT2D eigenvalue weighted by molar-refractivity contribution is 0.753. The van der Waals surface area contributed by atoms with Gasteiger partial charge in [0.05, 0.1) is 11.9 Å². The smallest absolute Gasteiger partial charge is 0.140 e. The molecule has 0 aromatic carbocycles. The van der Waals surface area contributed by atoms with E-state index in [2.05, 4.69) is 23.7 Å². The number of hydrogen-bond donors (Lipinski definition) is 0. The quantitative estimate of drug-likeness (QED) is 0.688. The zero-order chi connectivity index (χ0) is 9.84. The Kier molecular flexibility index (Phi) is 2.86. The Morgan fingerprint density at radius 3 is 2.54 bits per heavy atom. The van der Waals surface area contributed by atoms with Crippen LogP contribution in [-0.2, 0) is 0 Å². The summed E-state index contributed by atoms with van der Waals surface area (Å²) in [6.07, 6.45) is 1.72. The summed E-state index contributed by atoms with van der Waals surface area (Å²) in [4.78, 5) is 6.10. The number of nitrogens with zero attached hydrogens (tertiary/aromatic N) is 3. The highest BCUT2D eigenvalue weighted by atomic mass is 15.1. The van der Waals surface area contributed by atoms with Crippen LogP contribution in [-0.4, -0.2) is 18.1 Å². The molecule has 0 saturated carbocycles. The van der Waals surface area contributed by atoms with E-state index in [1.54, 1.807) is 12.3 Å². The van der Waals surface area contributed by atoms with Crippen LogP contribution in [0.3, 0.4) is 0 Å². The maximum Gasteiger partial charge on any atom is 0.140 e. The Labute approximate surface area is 78.6 Å². The molecule has 0 amide bonds. The van der Waals surface area contributed by atoms with E-state index < -0.39 is 0 Å². The topological polar surface area (TPSA) is 39.9 Å². The molecule has 1 rings (SSSR count). The predicted molar refractivity (Wildman–Crippen MR) is 52.5 cm³/mol. The van der Waals surface area contributed by atoms with Gasteiger partial charge in [0.25, 0.3) is 0 Å². The molecule has 0 radical (unpaired) electrons. The van der Waals surface area contributed by atoms with Crippen LogP contribution < -0.4 is 4.90 Å². The fraction of sp³-hybridized carbons (Fsp3) is 0.400. The van der Waals surface area contributed by atoms with Crippen LogP contribution in [0, 0.1) is 11.3 Å². The van der Waals surface area contributed by atoms with Gasteiger partial charge < -0.3 is 4.90 Å². The van der Waals surface area contributed by atoms with Gasteiger partial charge in [-0.1, -0.05) is 0 Å². The zero-order valence-corrected chi connectivity index (χ0v) is 8.15. The van der Waals surface area contributed by atoms with Gasteiger partial charge in [0.15, 0.2) is 0 Å². The summed E-state index contributed by atoms with van der Waals surface area (Å²) in [6.45, 7) is 4.22. The lowest BCUT2D eigenvalue weighted by Gasteiger charge is -2.23. The molecule has 68 valence electrons. The predicted octanol–water partition coefficient (Wildman–Crippen LogP) is 1.80. The van der Waals surface area contributed by atoms with Crippen molar-refractivity contribution in [2.45, 2.75) is 19.9 Å². The molecule has 0 aliphatic carbocycles. The minimum absolute atomic E-state index is 0.440. The van der Waals surface area contributed by atoms with Gasteiger partial charge in [0, 0.05) is 13.1 Å². The van der Waals surface area contributed by atoms with Gasteiger partial charge in [-0.2, -0.15) is 5.26 Å². The van der Waals surface area contributed by atoms with E-state index >= 15 is 0 Å². The third kappa shape index (κ3) is 2.19. The van der Waals surface area contributed by atoms with Crippen LogP contribution in [0.2, 0.25) is 0 Å². The molecular weight excluding hydrogens is 162 g/mol. The van der Waals surface area contributed by atoms with E-state index in [-0.39, 0.29) is 0 Å². The van der Waals surface area contributed by atoms with Crippen LogP contribution in [0.25, 0.3) is 0 Å². The van der Waals surface area contributed by atoms with E-state index in [1.807, 2.05) is 19.2 Å². The molecule has 0 unspecified atom stereocenters. The molecule has 1 aromatic rings. The molecule has 0 spiro atoms. The van der Waals surface area contributed by atoms with Crippen LogP contribution in [0.15, 0.2) is 18.3 Å². The van der Waals surface area contributed by atoms with Gasteiger partial charge in [-0.15, -0.1) is 0 Å². The first-order chi connectivity index (χ1) is 6.15. The molecule has 0 bridgehead atoms. The van der Waals surface area contributed by atoms with Crippen molar-refractivity contribution in [1.29, 1.82) is 5.26 Å². The largest absolute Gasteiger partial charge is 0.371 e. The summed E-state index contributed by atoms with van der Waals surface area (Å²) >= 11 is 0. The fourth-order valence-corrected chi connectivity index (χ4v) is 0.959. The Morgan fingerprint density at radius 2 is 2.15 bits per heavy atom. The monoisotopic (exact) mass is 175 g/mol. The number of hydrogen-bond acceptors (Lipinski definition) is 3. The van der Waals surface area contributed by atoms with Crippen LogP contribution >= 0.6 is 0 Å². The van der Waals surface area contributed by atoms with E-state index in [9.17, 15) is 0 Å². The van der Waals surface area contributed by atoms with Gasteiger partial charge in [-0.25, -0.2) is 4.98 Å². The van der Waals surface area contributed by atoms with Crippen LogP contribution in [0.1, 0.15) is 19.5 Å². The summed E-state index contributed by atoms with van der Waals surface area (Å²) in [6, 6.07) is 6.07.